The van der Waals surface area contributed by atoms with E-state index in [-0.39, 0.29) is 35.5 Å². The van der Waals surface area contributed by atoms with Crippen molar-refractivity contribution in [1.29, 1.82) is 0 Å². The summed E-state index contributed by atoms with van der Waals surface area (Å²) >= 11 is 0. The largest absolute Gasteiger partial charge is 0.416 e. The number of aryl methyl sites for hydroxylation is 1. The second-order valence-corrected chi connectivity index (χ2v) is 13.9. The third-order valence-corrected chi connectivity index (χ3v) is 10.3. The quantitative estimate of drug-likeness (QED) is 0.177. The molecule has 0 bridgehead atoms. The summed E-state index contributed by atoms with van der Waals surface area (Å²) in [5.74, 6) is -1.11. The third kappa shape index (κ3) is 8.63. The van der Waals surface area contributed by atoms with E-state index < -0.39 is 40.3 Å². The first-order chi connectivity index (χ1) is 22.9. The number of nitrogens with zero attached hydrogens (tertiary/aromatic N) is 2. The Balaban J connectivity index is 1.58. The Bertz CT molecular complexity index is 1800. The maximum absolute atomic E-state index is 14.5. The van der Waals surface area contributed by atoms with Crippen LogP contribution in [0.1, 0.15) is 47.9 Å². The van der Waals surface area contributed by atoms with Gasteiger partial charge in [-0.05, 0) is 61.2 Å². The SMILES string of the molecule is Cc1ccc(S(=O)(=O)N(CC(=O)N(Cc2ccccc2)C(Cc2ccccc2)C(=O)NC2CCCC2)c2cccc(C(F)(F)F)c2)cc1. The number of carbonyl (C=O) groups excluding carboxylic acids is 2. The lowest BCUT2D eigenvalue weighted by molar-refractivity contribution is -0.140. The summed E-state index contributed by atoms with van der Waals surface area (Å²) in [7, 11) is -4.54. The maximum atomic E-state index is 14.5. The number of hydrogen-bond donors (Lipinski definition) is 1. The Morgan fingerprint density at radius 1 is 0.833 bits per heavy atom. The van der Waals surface area contributed by atoms with Crippen LogP contribution in [0.3, 0.4) is 0 Å². The highest BCUT2D eigenvalue weighted by atomic mass is 32.2. The minimum atomic E-state index is -4.75. The van der Waals surface area contributed by atoms with Crippen LogP contribution in [0.15, 0.2) is 114 Å². The molecule has 0 heterocycles. The van der Waals surface area contributed by atoms with Crippen LogP contribution in [0.25, 0.3) is 0 Å². The molecule has 1 aliphatic carbocycles. The summed E-state index contributed by atoms with van der Waals surface area (Å²) in [6.45, 7) is 0.901. The van der Waals surface area contributed by atoms with Gasteiger partial charge in [-0.25, -0.2) is 8.42 Å². The zero-order valence-corrected chi connectivity index (χ0v) is 27.4. The number of carbonyl (C=O) groups is 2. The topological polar surface area (TPSA) is 86.8 Å². The smallest absolute Gasteiger partial charge is 0.352 e. The first-order valence-electron chi connectivity index (χ1n) is 15.9. The molecule has 1 atom stereocenters. The van der Waals surface area contributed by atoms with E-state index in [0.717, 1.165) is 55.0 Å². The van der Waals surface area contributed by atoms with Crippen molar-refractivity contribution in [3.05, 3.63) is 131 Å². The zero-order valence-electron chi connectivity index (χ0n) is 26.6. The highest BCUT2D eigenvalue weighted by molar-refractivity contribution is 7.92. The second kappa shape index (κ2) is 15.1. The lowest BCUT2D eigenvalue weighted by Crippen LogP contribution is -2.54. The van der Waals surface area contributed by atoms with Crippen molar-refractivity contribution < 1.29 is 31.2 Å². The molecule has 5 rings (SSSR count). The lowest BCUT2D eigenvalue weighted by Gasteiger charge is -2.34. The summed E-state index contributed by atoms with van der Waals surface area (Å²) in [6, 6.07) is 26.8. The van der Waals surface area contributed by atoms with Gasteiger partial charge in [-0.15, -0.1) is 0 Å². The molecule has 4 aromatic carbocycles. The predicted octanol–water partition coefficient (Wildman–Crippen LogP) is 6.91. The molecule has 1 N–H and O–H groups in total. The normalized spacial score (nSPS) is 14.3. The standard InChI is InChI=1S/C37H38F3N3O4S/c1-27-19-21-33(22-20-27)48(46,47)43(32-18-10-15-30(24-32)37(38,39)40)26-35(44)42(25-29-13-6-3-7-14-29)34(23-28-11-4-2-5-12-28)36(45)41-31-16-8-9-17-31/h2-7,10-15,18-22,24,31,34H,8-9,16-17,23,25-26H2,1H3,(H,41,45). The second-order valence-electron chi connectivity index (χ2n) is 12.1. The van der Waals surface area contributed by atoms with E-state index in [4.69, 9.17) is 0 Å². The van der Waals surface area contributed by atoms with Gasteiger partial charge in [0.15, 0.2) is 0 Å². The first-order valence-corrected chi connectivity index (χ1v) is 17.3. The summed E-state index contributed by atoms with van der Waals surface area (Å²) in [5.41, 5.74) is 0.882. The molecule has 0 saturated heterocycles. The Labute approximate surface area is 279 Å². The molecule has 1 aliphatic rings. The third-order valence-electron chi connectivity index (χ3n) is 8.52. The van der Waals surface area contributed by atoms with Gasteiger partial charge in [0.1, 0.15) is 12.6 Å². The van der Waals surface area contributed by atoms with Crippen LogP contribution >= 0.6 is 0 Å². The molecule has 0 radical (unpaired) electrons. The van der Waals surface area contributed by atoms with Crippen LogP contribution in [0.5, 0.6) is 0 Å². The Morgan fingerprint density at radius 2 is 1.44 bits per heavy atom. The van der Waals surface area contributed by atoms with E-state index >= 15 is 0 Å². The van der Waals surface area contributed by atoms with E-state index in [1.807, 2.05) is 36.4 Å². The van der Waals surface area contributed by atoms with Gasteiger partial charge in [0.2, 0.25) is 11.8 Å². The van der Waals surface area contributed by atoms with Gasteiger partial charge in [0.25, 0.3) is 10.0 Å². The van der Waals surface area contributed by atoms with Crippen LogP contribution < -0.4 is 9.62 Å². The van der Waals surface area contributed by atoms with Crippen molar-refractivity contribution in [2.24, 2.45) is 0 Å². The molecule has 1 unspecified atom stereocenters. The first kappa shape index (κ1) is 34.7. The van der Waals surface area contributed by atoms with Crippen molar-refractivity contribution in [1.82, 2.24) is 10.2 Å². The molecule has 252 valence electrons. The summed E-state index contributed by atoms with van der Waals surface area (Å²) in [4.78, 5) is 29.7. The molecular formula is C37H38F3N3O4S. The zero-order chi connectivity index (χ0) is 34.3. The van der Waals surface area contributed by atoms with Crippen molar-refractivity contribution in [2.75, 3.05) is 10.8 Å². The van der Waals surface area contributed by atoms with E-state index in [9.17, 15) is 31.2 Å². The van der Waals surface area contributed by atoms with Crippen molar-refractivity contribution >= 4 is 27.5 Å². The van der Waals surface area contributed by atoms with E-state index in [1.54, 1.807) is 43.3 Å². The van der Waals surface area contributed by atoms with Crippen LogP contribution in [-0.4, -0.2) is 43.8 Å². The summed E-state index contributed by atoms with van der Waals surface area (Å²) in [5, 5.41) is 3.10. The van der Waals surface area contributed by atoms with E-state index in [2.05, 4.69) is 5.32 Å². The fourth-order valence-corrected chi connectivity index (χ4v) is 7.31. The molecule has 1 fully saturated rings. The number of alkyl halides is 3. The fraction of sp³-hybridized carbons (Fsp3) is 0.297. The van der Waals surface area contributed by atoms with Gasteiger partial charge in [0, 0.05) is 19.0 Å². The lowest BCUT2D eigenvalue weighted by atomic mass is 10.0. The summed E-state index contributed by atoms with van der Waals surface area (Å²) in [6.07, 6.45) is -1.03. The minimum absolute atomic E-state index is 0.0315. The number of benzene rings is 4. The average Bonchev–Trinajstić information content (AvgIpc) is 3.59. The summed E-state index contributed by atoms with van der Waals surface area (Å²) < 4.78 is 70.4. The Hall–Kier alpha value is -4.64. The predicted molar refractivity (Wildman–Crippen MR) is 178 cm³/mol. The van der Waals surface area contributed by atoms with Crippen LogP contribution in [0.4, 0.5) is 18.9 Å². The molecule has 0 aliphatic heterocycles. The van der Waals surface area contributed by atoms with Crippen molar-refractivity contribution in [3.8, 4) is 0 Å². The molecule has 0 aromatic heterocycles. The average molecular weight is 678 g/mol. The van der Waals surface area contributed by atoms with Gasteiger partial charge in [0.05, 0.1) is 16.1 Å². The molecule has 4 aromatic rings. The van der Waals surface area contributed by atoms with Crippen LogP contribution in [0, 0.1) is 6.92 Å². The molecule has 1 saturated carbocycles. The number of sulfonamides is 1. The maximum Gasteiger partial charge on any atom is 0.416 e. The van der Waals surface area contributed by atoms with Crippen LogP contribution in [0.2, 0.25) is 0 Å². The van der Waals surface area contributed by atoms with Crippen molar-refractivity contribution in [2.45, 2.75) is 68.7 Å². The Morgan fingerprint density at radius 3 is 2.04 bits per heavy atom. The molecule has 2 amide bonds. The Kier molecular flexibility index (Phi) is 10.9. The minimum Gasteiger partial charge on any atom is -0.352 e. The highest BCUT2D eigenvalue weighted by Gasteiger charge is 2.37. The molecule has 7 nitrogen and oxygen atoms in total. The van der Waals surface area contributed by atoms with Gasteiger partial charge < -0.3 is 10.2 Å². The number of anilines is 1. The van der Waals surface area contributed by atoms with Gasteiger partial charge in [-0.3, -0.25) is 13.9 Å². The highest BCUT2D eigenvalue weighted by Crippen LogP contribution is 2.33. The van der Waals surface area contributed by atoms with Gasteiger partial charge in [-0.2, -0.15) is 13.2 Å². The number of nitrogens with one attached hydrogen (secondary N) is 1. The molecule has 0 spiro atoms. The van der Waals surface area contributed by atoms with E-state index in [0.29, 0.717) is 9.87 Å². The monoisotopic (exact) mass is 677 g/mol. The van der Waals surface area contributed by atoms with Gasteiger partial charge in [-0.1, -0.05) is 97.3 Å². The van der Waals surface area contributed by atoms with Crippen molar-refractivity contribution in [3.63, 3.8) is 0 Å². The van der Waals surface area contributed by atoms with E-state index in [1.165, 1.54) is 23.1 Å². The molecule has 11 heteroatoms. The number of halogens is 3. The number of amides is 2. The fourth-order valence-electron chi connectivity index (χ4n) is 5.91. The number of rotatable bonds is 12. The molecular weight excluding hydrogens is 639 g/mol. The number of hydrogen-bond acceptors (Lipinski definition) is 4. The molecule has 48 heavy (non-hydrogen) atoms. The van der Waals surface area contributed by atoms with Crippen LogP contribution in [-0.2, 0) is 38.8 Å². The van der Waals surface area contributed by atoms with Gasteiger partial charge >= 0.3 is 6.18 Å².